The van der Waals surface area contributed by atoms with E-state index >= 15 is 0 Å². The van der Waals surface area contributed by atoms with Crippen LogP contribution in [0.1, 0.15) is 43.6 Å². The van der Waals surface area contributed by atoms with E-state index in [2.05, 4.69) is 9.69 Å². The number of nitrogens with zero attached hydrogens (tertiary/aromatic N) is 2. The molecule has 5 N–H and O–H groups in total. The first-order valence-corrected chi connectivity index (χ1v) is 11.8. The van der Waals surface area contributed by atoms with Crippen LogP contribution in [0.25, 0.3) is 0 Å². The van der Waals surface area contributed by atoms with E-state index in [0.29, 0.717) is 16.1 Å². The number of hydrogen-bond acceptors (Lipinski definition) is 9. The van der Waals surface area contributed by atoms with Crippen molar-refractivity contribution < 1.29 is 23.9 Å². The number of para-hydroxylation sites is 1. The Balaban J connectivity index is 2.11. The summed E-state index contributed by atoms with van der Waals surface area (Å²) in [5.74, 6) is -2.70. The summed E-state index contributed by atoms with van der Waals surface area (Å²) in [4.78, 5) is 52.5. The molecule has 10 nitrogen and oxygen atoms in total. The summed E-state index contributed by atoms with van der Waals surface area (Å²) in [7, 11) is 0. The number of hydrogen-bond donors (Lipinski definition) is 3. The maximum absolute atomic E-state index is 13.8. The fourth-order valence-electron chi connectivity index (χ4n) is 3.23. The van der Waals surface area contributed by atoms with Gasteiger partial charge < -0.3 is 21.5 Å². The number of nitrogens with one attached hydrogen (secondary N) is 1. The van der Waals surface area contributed by atoms with Gasteiger partial charge in [-0.3, -0.25) is 24.1 Å². The number of aryl methyl sites for hydroxylation is 1. The van der Waals surface area contributed by atoms with Gasteiger partial charge in [0.15, 0.2) is 11.7 Å². The lowest BCUT2D eigenvalue weighted by molar-refractivity contribution is -0.143. The van der Waals surface area contributed by atoms with Crippen LogP contribution in [0.4, 0.5) is 11.4 Å². The minimum absolute atomic E-state index is 0.0307. The minimum atomic E-state index is -1.14. The number of anilines is 2. The number of nitrogens with two attached hydrogens (primary N) is 2. The van der Waals surface area contributed by atoms with Gasteiger partial charge in [-0.15, -0.1) is 11.3 Å². The molecule has 3 rings (SSSR count). The van der Waals surface area contributed by atoms with Crippen LogP contribution in [0.2, 0.25) is 0 Å². The number of carbonyl (C=O) groups excluding carboxylic acids is 4. The van der Waals surface area contributed by atoms with Crippen molar-refractivity contribution >= 4 is 57.9 Å². The average molecular weight is 502 g/mol. The molecule has 0 aliphatic carbocycles. The molecule has 0 bridgehead atoms. The van der Waals surface area contributed by atoms with Gasteiger partial charge in [-0.25, -0.2) is 0 Å². The molecule has 3 aromatic rings. The smallest absolute Gasteiger partial charge is 0.325 e. The third kappa shape index (κ3) is 5.24. The van der Waals surface area contributed by atoms with Crippen molar-refractivity contribution in [1.82, 2.24) is 9.69 Å². The summed E-state index contributed by atoms with van der Waals surface area (Å²) in [5.41, 5.74) is 12.1. The van der Waals surface area contributed by atoms with Crippen molar-refractivity contribution in [3.8, 4) is 0 Å². The molecular formula is C22H23N5O5S2. The highest BCUT2D eigenvalue weighted by atomic mass is 32.1. The number of nitrogen functional groups attached to an aromatic ring is 1. The Labute approximate surface area is 203 Å². The zero-order valence-electron chi connectivity index (χ0n) is 18.4. The van der Waals surface area contributed by atoms with Crippen LogP contribution in [0, 0.1) is 6.92 Å². The van der Waals surface area contributed by atoms with E-state index in [1.807, 2.05) is 0 Å². The number of ether oxygens (including phenoxy) is 1. The Bertz CT molecular complexity index is 1210. The summed E-state index contributed by atoms with van der Waals surface area (Å²) in [6, 6.07) is 9.34. The zero-order valence-corrected chi connectivity index (χ0v) is 20.1. The predicted octanol–water partition coefficient (Wildman–Crippen LogP) is 2.26. The van der Waals surface area contributed by atoms with Crippen molar-refractivity contribution in [3.05, 3.63) is 62.8 Å². The lowest BCUT2D eigenvalue weighted by atomic mass is 10.1. The molecule has 1 atom stereocenters. The first-order valence-electron chi connectivity index (χ1n) is 10.2. The highest BCUT2D eigenvalue weighted by molar-refractivity contribution is 7.10. The summed E-state index contributed by atoms with van der Waals surface area (Å²) in [6.45, 7) is 3.26. The third-order valence-electron chi connectivity index (χ3n) is 4.78. The first kappa shape index (κ1) is 24.9. The van der Waals surface area contributed by atoms with Crippen LogP contribution in [0.3, 0.4) is 0 Å². The zero-order chi connectivity index (χ0) is 24.8. The van der Waals surface area contributed by atoms with Crippen LogP contribution in [0.15, 0.2) is 41.8 Å². The summed E-state index contributed by atoms with van der Waals surface area (Å²) >= 11 is 1.99. The Morgan fingerprint density at radius 3 is 2.50 bits per heavy atom. The number of rotatable bonds is 9. The first-order chi connectivity index (χ1) is 16.3. The molecule has 0 fully saturated rings. The monoisotopic (exact) mass is 501 g/mol. The summed E-state index contributed by atoms with van der Waals surface area (Å²) in [6.07, 6.45) is 0. The van der Waals surface area contributed by atoms with Crippen molar-refractivity contribution in [2.24, 2.45) is 5.73 Å². The molecule has 34 heavy (non-hydrogen) atoms. The number of amides is 3. The predicted molar refractivity (Wildman–Crippen MR) is 130 cm³/mol. The number of carbonyl (C=O) groups is 4. The van der Waals surface area contributed by atoms with Crippen LogP contribution in [-0.2, 0) is 14.3 Å². The fourth-order valence-corrected chi connectivity index (χ4v) is 4.78. The molecule has 178 valence electrons. The van der Waals surface area contributed by atoms with E-state index in [-0.39, 0.29) is 29.4 Å². The second kappa shape index (κ2) is 10.9. The highest BCUT2D eigenvalue weighted by Crippen LogP contribution is 2.36. The lowest BCUT2D eigenvalue weighted by Crippen LogP contribution is -2.45. The van der Waals surface area contributed by atoms with E-state index in [9.17, 15) is 19.2 Å². The fraction of sp³-hybridized carbons (Fsp3) is 0.227. The molecule has 0 unspecified atom stereocenters. The Morgan fingerprint density at radius 1 is 1.18 bits per heavy atom. The topological polar surface area (TPSA) is 158 Å². The number of esters is 1. The van der Waals surface area contributed by atoms with Crippen molar-refractivity contribution in [3.63, 3.8) is 0 Å². The van der Waals surface area contributed by atoms with Crippen molar-refractivity contribution in [2.45, 2.75) is 19.9 Å². The van der Waals surface area contributed by atoms with Crippen LogP contribution in [0.5, 0.6) is 0 Å². The van der Waals surface area contributed by atoms with Crippen molar-refractivity contribution in [1.29, 1.82) is 0 Å². The molecule has 3 amide bonds. The second-order valence-corrected chi connectivity index (χ2v) is 8.79. The van der Waals surface area contributed by atoms with Gasteiger partial charge in [-0.05, 0) is 48.5 Å². The van der Waals surface area contributed by atoms with E-state index in [1.165, 1.54) is 16.2 Å². The number of benzene rings is 1. The minimum Gasteiger partial charge on any atom is -0.465 e. The largest absolute Gasteiger partial charge is 0.465 e. The van der Waals surface area contributed by atoms with Crippen molar-refractivity contribution in [2.75, 3.05) is 23.8 Å². The number of primary amides is 1. The van der Waals surface area contributed by atoms with Gasteiger partial charge in [0, 0.05) is 10.6 Å². The van der Waals surface area contributed by atoms with Crippen LogP contribution in [-0.4, -0.2) is 41.2 Å². The Hall–Kier alpha value is -3.77. The standard InChI is InChI=1S/C22H23N5O5S2/c1-3-32-15(28)11-25-21(30)18(14-9-6-10-33-14)27(13-8-5-4-7-12(13)2)22(31)19-16(23)17(20(24)29)26-34-19/h4-10,18H,3,11,23H2,1-2H3,(H2,24,29)(H,25,30)/t18-/m0/s1. The Kier molecular flexibility index (Phi) is 7.97. The normalized spacial score (nSPS) is 11.5. The number of thiophene rings is 1. The van der Waals surface area contributed by atoms with Gasteiger partial charge >= 0.3 is 5.97 Å². The van der Waals surface area contributed by atoms with Crippen LogP contribution >= 0.6 is 22.9 Å². The molecule has 0 radical (unpaired) electrons. The summed E-state index contributed by atoms with van der Waals surface area (Å²) in [5, 5.41) is 4.32. The van der Waals surface area contributed by atoms with Crippen LogP contribution < -0.4 is 21.7 Å². The molecule has 0 aliphatic rings. The summed E-state index contributed by atoms with van der Waals surface area (Å²) < 4.78 is 8.80. The molecule has 2 aromatic heterocycles. The van der Waals surface area contributed by atoms with E-state index in [1.54, 1.807) is 55.6 Å². The molecule has 12 heteroatoms. The van der Waals surface area contributed by atoms with Gasteiger partial charge in [-0.2, -0.15) is 4.37 Å². The van der Waals surface area contributed by atoms with Gasteiger partial charge in [0.05, 0.1) is 12.3 Å². The Morgan fingerprint density at radius 2 is 1.91 bits per heavy atom. The van der Waals surface area contributed by atoms with Gasteiger partial charge in [0.2, 0.25) is 5.91 Å². The second-order valence-electron chi connectivity index (χ2n) is 7.04. The SMILES string of the molecule is CCOC(=O)CNC(=O)[C@H](c1cccs1)N(C(=O)c1snc(C(N)=O)c1N)c1ccccc1C. The lowest BCUT2D eigenvalue weighted by Gasteiger charge is -2.31. The third-order valence-corrected chi connectivity index (χ3v) is 6.56. The van der Waals surface area contributed by atoms with Gasteiger partial charge in [0.25, 0.3) is 11.8 Å². The van der Waals surface area contributed by atoms with E-state index in [0.717, 1.165) is 11.5 Å². The molecule has 0 aliphatic heterocycles. The highest BCUT2D eigenvalue weighted by Gasteiger charge is 2.37. The maximum Gasteiger partial charge on any atom is 0.325 e. The molecule has 0 spiro atoms. The maximum atomic E-state index is 13.8. The van der Waals surface area contributed by atoms with Gasteiger partial charge in [0.1, 0.15) is 11.4 Å². The average Bonchev–Trinajstić information content (AvgIpc) is 3.46. The quantitative estimate of drug-likeness (QED) is 0.379. The number of aromatic nitrogens is 1. The molecule has 0 saturated heterocycles. The molecule has 1 aromatic carbocycles. The molecule has 2 heterocycles. The van der Waals surface area contributed by atoms with Gasteiger partial charge in [-0.1, -0.05) is 24.3 Å². The van der Waals surface area contributed by atoms with E-state index < -0.39 is 29.7 Å². The molecular weight excluding hydrogens is 478 g/mol. The molecule has 0 saturated carbocycles. The van der Waals surface area contributed by atoms with E-state index in [4.69, 9.17) is 16.2 Å².